The Labute approximate surface area is 151 Å². The molecule has 0 bridgehead atoms. The van der Waals surface area contributed by atoms with E-state index in [9.17, 15) is 14.4 Å². The van der Waals surface area contributed by atoms with Crippen LogP contribution in [0.5, 0.6) is 0 Å². The van der Waals surface area contributed by atoms with Crippen LogP contribution in [0.15, 0.2) is 54.6 Å². The van der Waals surface area contributed by atoms with E-state index in [1.807, 2.05) is 55.5 Å². The fourth-order valence-corrected chi connectivity index (χ4v) is 2.90. The van der Waals surface area contributed by atoms with Crippen molar-refractivity contribution < 1.29 is 19.1 Å². The average molecular weight is 352 g/mol. The maximum Gasteiger partial charge on any atom is 0.417 e. The summed E-state index contributed by atoms with van der Waals surface area (Å²) in [4.78, 5) is 37.9. The molecule has 0 spiro atoms. The highest BCUT2D eigenvalue weighted by molar-refractivity contribution is 6.04. The van der Waals surface area contributed by atoms with Crippen molar-refractivity contribution >= 4 is 23.6 Å². The molecule has 2 aromatic rings. The molecule has 1 saturated heterocycles. The molecule has 3 rings (SSSR count). The first-order chi connectivity index (χ1) is 12.5. The summed E-state index contributed by atoms with van der Waals surface area (Å²) in [5.74, 6) is -0.787. The number of carbonyl (C=O) groups is 3. The molecule has 1 atom stereocenters. The normalized spacial score (nSPS) is 16.4. The molecule has 6 heteroatoms. The number of ether oxygens (including phenoxy) is 1. The molecule has 2 aromatic carbocycles. The van der Waals surface area contributed by atoms with Crippen LogP contribution >= 0.6 is 0 Å². The number of likely N-dealkylation sites (tertiary alicyclic amines) is 1. The molecule has 0 saturated carbocycles. The Bertz CT molecular complexity index is 820. The Morgan fingerprint density at radius 3 is 2.65 bits per heavy atom. The molecule has 1 unspecified atom stereocenters. The summed E-state index contributed by atoms with van der Waals surface area (Å²) in [6.45, 7) is 1.97. The van der Waals surface area contributed by atoms with Crippen molar-refractivity contribution in [1.29, 1.82) is 0 Å². The van der Waals surface area contributed by atoms with Gasteiger partial charge in [0.1, 0.15) is 12.6 Å². The molecule has 3 amide bonds. The van der Waals surface area contributed by atoms with E-state index in [0.717, 1.165) is 16.0 Å². The molecule has 6 nitrogen and oxygen atoms in total. The highest BCUT2D eigenvalue weighted by Gasteiger charge is 2.41. The summed E-state index contributed by atoms with van der Waals surface area (Å²) in [5, 5.41) is 2.76. The van der Waals surface area contributed by atoms with E-state index in [1.165, 1.54) is 0 Å². The van der Waals surface area contributed by atoms with Crippen LogP contribution in [0, 0.1) is 6.92 Å². The summed E-state index contributed by atoms with van der Waals surface area (Å²) < 4.78 is 5.22. The van der Waals surface area contributed by atoms with Crippen LogP contribution in [-0.2, 0) is 20.9 Å². The summed E-state index contributed by atoms with van der Waals surface area (Å²) in [6.07, 6.45) is -0.357. The van der Waals surface area contributed by atoms with Crippen LogP contribution in [0.3, 0.4) is 0 Å². The summed E-state index contributed by atoms with van der Waals surface area (Å²) in [7, 11) is 0. The van der Waals surface area contributed by atoms with E-state index in [-0.39, 0.29) is 19.4 Å². The van der Waals surface area contributed by atoms with E-state index in [0.29, 0.717) is 5.69 Å². The molecule has 26 heavy (non-hydrogen) atoms. The number of amides is 3. The van der Waals surface area contributed by atoms with Gasteiger partial charge in [0.25, 0.3) is 0 Å². The van der Waals surface area contributed by atoms with Gasteiger partial charge in [-0.2, -0.15) is 0 Å². The number of nitrogens with zero attached hydrogens (tertiary/aromatic N) is 1. The van der Waals surface area contributed by atoms with Crippen LogP contribution < -0.4 is 5.32 Å². The smallest absolute Gasteiger partial charge is 0.417 e. The Hall–Kier alpha value is -3.15. The van der Waals surface area contributed by atoms with Crippen LogP contribution in [0.4, 0.5) is 10.5 Å². The van der Waals surface area contributed by atoms with Crippen molar-refractivity contribution in [2.45, 2.75) is 32.4 Å². The van der Waals surface area contributed by atoms with Crippen molar-refractivity contribution in [2.24, 2.45) is 0 Å². The number of imide groups is 1. The van der Waals surface area contributed by atoms with Gasteiger partial charge in [-0.05, 0) is 36.6 Å². The number of hydrogen-bond donors (Lipinski definition) is 1. The molecule has 134 valence electrons. The molecule has 1 aliphatic rings. The van der Waals surface area contributed by atoms with Crippen LogP contribution in [0.2, 0.25) is 0 Å². The predicted octanol–water partition coefficient (Wildman–Crippen LogP) is 3.26. The van der Waals surface area contributed by atoms with E-state index in [2.05, 4.69) is 5.32 Å². The minimum absolute atomic E-state index is 0.0513. The Balaban J connectivity index is 1.65. The third-order valence-corrected chi connectivity index (χ3v) is 4.20. The summed E-state index contributed by atoms with van der Waals surface area (Å²) in [6, 6.07) is 15.7. The zero-order valence-electron chi connectivity index (χ0n) is 14.5. The molecule has 0 radical (unpaired) electrons. The first-order valence-electron chi connectivity index (χ1n) is 8.45. The highest BCUT2D eigenvalue weighted by atomic mass is 16.6. The lowest BCUT2D eigenvalue weighted by Crippen LogP contribution is -2.45. The molecule has 1 heterocycles. The van der Waals surface area contributed by atoms with Crippen molar-refractivity contribution in [2.75, 3.05) is 5.32 Å². The second kappa shape index (κ2) is 7.82. The first kappa shape index (κ1) is 17.7. The van der Waals surface area contributed by atoms with E-state index in [1.54, 1.807) is 6.07 Å². The largest absolute Gasteiger partial charge is 0.444 e. The van der Waals surface area contributed by atoms with Gasteiger partial charge >= 0.3 is 6.09 Å². The maximum atomic E-state index is 12.5. The van der Waals surface area contributed by atoms with Crippen molar-refractivity contribution in [3.05, 3.63) is 65.7 Å². The third kappa shape index (κ3) is 4.08. The number of nitrogens with one attached hydrogen (secondary N) is 1. The van der Waals surface area contributed by atoms with E-state index >= 15 is 0 Å². The fourth-order valence-electron chi connectivity index (χ4n) is 2.90. The molecular formula is C20H20N2O4. The molecule has 0 aromatic heterocycles. The fraction of sp³-hybridized carbons (Fsp3) is 0.250. The lowest BCUT2D eigenvalue weighted by molar-refractivity contribution is -0.131. The van der Waals surface area contributed by atoms with Gasteiger partial charge in [-0.25, -0.2) is 9.69 Å². The summed E-state index contributed by atoms with van der Waals surface area (Å²) >= 11 is 0. The van der Waals surface area contributed by atoms with Gasteiger partial charge in [0, 0.05) is 12.1 Å². The van der Waals surface area contributed by atoms with Gasteiger partial charge in [-0.15, -0.1) is 0 Å². The maximum absolute atomic E-state index is 12.5. The topological polar surface area (TPSA) is 75.7 Å². The van der Waals surface area contributed by atoms with Gasteiger partial charge in [-0.3, -0.25) is 9.59 Å². The second-order valence-electron chi connectivity index (χ2n) is 6.22. The summed E-state index contributed by atoms with van der Waals surface area (Å²) in [5.41, 5.74) is 2.45. The standard InChI is InChI=1S/C20H20N2O4/c1-14-6-5-9-16(12-14)21-19(24)17-10-11-18(23)22(17)20(25)26-13-15-7-3-2-4-8-15/h2-9,12,17H,10-11,13H2,1H3,(H,21,24). The quantitative estimate of drug-likeness (QED) is 0.916. The van der Waals surface area contributed by atoms with Crippen LogP contribution in [-0.4, -0.2) is 28.8 Å². The first-order valence-corrected chi connectivity index (χ1v) is 8.45. The van der Waals surface area contributed by atoms with Gasteiger partial charge in [-0.1, -0.05) is 42.5 Å². The SMILES string of the molecule is Cc1cccc(NC(=O)C2CCC(=O)N2C(=O)OCc2ccccc2)c1. The van der Waals surface area contributed by atoms with Gasteiger partial charge in [0.05, 0.1) is 0 Å². The lowest BCUT2D eigenvalue weighted by atomic mass is 10.2. The number of anilines is 1. The van der Waals surface area contributed by atoms with Crippen LogP contribution in [0.1, 0.15) is 24.0 Å². The Morgan fingerprint density at radius 1 is 1.15 bits per heavy atom. The van der Waals surface area contributed by atoms with Crippen molar-refractivity contribution in [3.63, 3.8) is 0 Å². The van der Waals surface area contributed by atoms with Gasteiger partial charge in [0.15, 0.2) is 0 Å². The number of hydrogen-bond acceptors (Lipinski definition) is 4. The molecule has 0 aliphatic carbocycles. The zero-order valence-corrected chi connectivity index (χ0v) is 14.5. The van der Waals surface area contributed by atoms with Gasteiger partial charge in [0.2, 0.25) is 11.8 Å². The van der Waals surface area contributed by atoms with Crippen molar-refractivity contribution in [3.8, 4) is 0 Å². The number of carbonyl (C=O) groups excluding carboxylic acids is 3. The van der Waals surface area contributed by atoms with Crippen molar-refractivity contribution in [1.82, 2.24) is 4.90 Å². The van der Waals surface area contributed by atoms with Gasteiger partial charge < -0.3 is 10.1 Å². The Morgan fingerprint density at radius 2 is 1.92 bits per heavy atom. The lowest BCUT2D eigenvalue weighted by Gasteiger charge is -2.21. The zero-order chi connectivity index (χ0) is 18.5. The number of benzene rings is 2. The molecule has 1 fully saturated rings. The van der Waals surface area contributed by atoms with E-state index < -0.39 is 23.9 Å². The number of aryl methyl sites for hydroxylation is 1. The molecule has 1 N–H and O–H groups in total. The van der Waals surface area contributed by atoms with Crippen LogP contribution in [0.25, 0.3) is 0 Å². The Kier molecular flexibility index (Phi) is 5.31. The minimum Gasteiger partial charge on any atom is -0.444 e. The van der Waals surface area contributed by atoms with E-state index in [4.69, 9.17) is 4.74 Å². The monoisotopic (exact) mass is 352 g/mol. The number of rotatable bonds is 4. The average Bonchev–Trinajstić information content (AvgIpc) is 3.02. The molecular weight excluding hydrogens is 332 g/mol. The minimum atomic E-state index is -0.855. The second-order valence-corrected chi connectivity index (χ2v) is 6.22. The third-order valence-electron chi connectivity index (χ3n) is 4.20. The highest BCUT2D eigenvalue weighted by Crippen LogP contribution is 2.22. The molecule has 1 aliphatic heterocycles. The predicted molar refractivity (Wildman–Crippen MR) is 96.3 cm³/mol.